The monoisotopic (exact) mass is 297 g/mol. The molecule has 5 heteroatoms. The Morgan fingerprint density at radius 1 is 1.00 bits per heavy atom. The predicted octanol–water partition coefficient (Wildman–Crippen LogP) is 2.62. The quantitative estimate of drug-likeness (QED) is 0.673. The van der Waals surface area contributed by atoms with E-state index in [9.17, 15) is 0 Å². The van der Waals surface area contributed by atoms with Gasteiger partial charge in [0.1, 0.15) is 0 Å². The Balaban J connectivity index is 2.55. The minimum Gasteiger partial charge on any atom is -0.493 e. The Morgan fingerprint density at radius 3 is 2.29 bits per heavy atom. The van der Waals surface area contributed by atoms with Crippen LogP contribution in [0.5, 0.6) is 17.2 Å². The van der Waals surface area contributed by atoms with E-state index in [1.165, 1.54) is 0 Å². The van der Waals surface area contributed by atoms with Crippen LogP contribution in [0, 0.1) is 0 Å². The summed E-state index contributed by atoms with van der Waals surface area (Å²) < 4.78 is 21.6. The van der Waals surface area contributed by atoms with E-state index < -0.39 is 0 Å². The number of benzene rings is 1. The molecule has 0 amide bonds. The molecule has 0 unspecified atom stereocenters. The SMILES string of the molecule is COc1ccc(CNCCCOC(C)C)c(OC)c1OC. The van der Waals surface area contributed by atoms with Crippen molar-refractivity contribution in [2.75, 3.05) is 34.5 Å². The van der Waals surface area contributed by atoms with E-state index in [1.54, 1.807) is 21.3 Å². The lowest BCUT2D eigenvalue weighted by molar-refractivity contribution is 0.0770. The third-order valence-electron chi connectivity index (χ3n) is 3.05. The standard InChI is InChI=1S/C16H27NO4/c1-12(2)21-10-6-9-17-11-13-7-8-14(18-3)16(20-5)15(13)19-4/h7-8,12,17H,6,9-11H2,1-5H3. The minimum absolute atomic E-state index is 0.288. The number of ether oxygens (including phenoxy) is 4. The van der Waals surface area contributed by atoms with Crippen LogP contribution in [0.25, 0.3) is 0 Å². The lowest BCUT2D eigenvalue weighted by Crippen LogP contribution is -2.18. The molecule has 1 rings (SSSR count). The van der Waals surface area contributed by atoms with Gasteiger partial charge in [0.05, 0.1) is 27.4 Å². The maximum absolute atomic E-state index is 5.50. The molecular formula is C16H27NO4. The van der Waals surface area contributed by atoms with Gasteiger partial charge in [-0.25, -0.2) is 0 Å². The summed E-state index contributed by atoms with van der Waals surface area (Å²) in [5.74, 6) is 2.01. The number of hydrogen-bond acceptors (Lipinski definition) is 5. The first kappa shape index (κ1) is 17.6. The summed E-state index contributed by atoms with van der Waals surface area (Å²) >= 11 is 0. The number of nitrogens with one attached hydrogen (secondary N) is 1. The van der Waals surface area contributed by atoms with Crippen LogP contribution in [0.1, 0.15) is 25.8 Å². The van der Waals surface area contributed by atoms with Crippen molar-refractivity contribution in [3.63, 3.8) is 0 Å². The van der Waals surface area contributed by atoms with Crippen molar-refractivity contribution >= 4 is 0 Å². The Bertz CT molecular complexity index is 421. The van der Waals surface area contributed by atoms with Gasteiger partial charge in [-0.3, -0.25) is 0 Å². The second kappa shape index (κ2) is 9.47. The Hall–Kier alpha value is -1.46. The fourth-order valence-corrected chi connectivity index (χ4v) is 2.04. The van der Waals surface area contributed by atoms with E-state index in [0.29, 0.717) is 23.8 Å². The minimum atomic E-state index is 0.288. The van der Waals surface area contributed by atoms with Crippen molar-refractivity contribution in [2.45, 2.75) is 32.9 Å². The van der Waals surface area contributed by atoms with E-state index >= 15 is 0 Å². The number of methoxy groups -OCH3 is 3. The summed E-state index contributed by atoms with van der Waals surface area (Å²) in [6.45, 7) is 6.47. The predicted molar refractivity (Wildman–Crippen MR) is 83.5 cm³/mol. The highest BCUT2D eigenvalue weighted by Gasteiger charge is 2.15. The van der Waals surface area contributed by atoms with E-state index in [1.807, 2.05) is 26.0 Å². The van der Waals surface area contributed by atoms with Crippen LogP contribution in [-0.2, 0) is 11.3 Å². The molecule has 5 nitrogen and oxygen atoms in total. The highest BCUT2D eigenvalue weighted by molar-refractivity contribution is 5.55. The molecule has 0 radical (unpaired) electrons. The maximum Gasteiger partial charge on any atom is 0.203 e. The van der Waals surface area contributed by atoms with Gasteiger partial charge in [0.2, 0.25) is 5.75 Å². The van der Waals surface area contributed by atoms with Gasteiger partial charge in [-0.1, -0.05) is 6.07 Å². The largest absolute Gasteiger partial charge is 0.493 e. The molecule has 1 aromatic rings. The van der Waals surface area contributed by atoms with Crippen LogP contribution < -0.4 is 19.5 Å². The van der Waals surface area contributed by atoms with Crippen molar-refractivity contribution in [1.82, 2.24) is 5.32 Å². The summed E-state index contributed by atoms with van der Waals surface area (Å²) in [7, 11) is 4.86. The smallest absolute Gasteiger partial charge is 0.203 e. The van der Waals surface area contributed by atoms with E-state index in [-0.39, 0.29) is 6.10 Å². The lowest BCUT2D eigenvalue weighted by Gasteiger charge is -2.16. The van der Waals surface area contributed by atoms with Gasteiger partial charge >= 0.3 is 0 Å². The summed E-state index contributed by atoms with van der Waals surface area (Å²) in [6, 6.07) is 3.87. The zero-order valence-corrected chi connectivity index (χ0v) is 13.7. The maximum atomic E-state index is 5.50. The van der Waals surface area contributed by atoms with Crippen LogP contribution in [0.2, 0.25) is 0 Å². The zero-order valence-electron chi connectivity index (χ0n) is 13.7. The van der Waals surface area contributed by atoms with E-state index in [0.717, 1.165) is 25.1 Å². The van der Waals surface area contributed by atoms with Gasteiger partial charge in [-0.15, -0.1) is 0 Å². The molecule has 0 aliphatic rings. The van der Waals surface area contributed by atoms with E-state index in [2.05, 4.69) is 5.32 Å². The van der Waals surface area contributed by atoms with Crippen molar-refractivity contribution in [2.24, 2.45) is 0 Å². The molecule has 21 heavy (non-hydrogen) atoms. The zero-order chi connectivity index (χ0) is 15.7. The fraction of sp³-hybridized carbons (Fsp3) is 0.625. The summed E-state index contributed by atoms with van der Waals surface area (Å²) in [4.78, 5) is 0. The molecule has 0 heterocycles. The molecule has 0 aliphatic heterocycles. The third-order valence-corrected chi connectivity index (χ3v) is 3.05. The average molecular weight is 297 g/mol. The lowest BCUT2D eigenvalue weighted by atomic mass is 10.1. The number of hydrogen-bond donors (Lipinski definition) is 1. The van der Waals surface area contributed by atoms with Gasteiger partial charge in [-0.05, 0) is 32.9 Å². The first-order chi connectivity index (χ1) is 10.1. The van der Waals surface area contributed by atoms with Crippen LogP contribution in [0.15, 0.2) is 12.1 Å². The molecule has 120 valence electrons. The normalized spacial score (nSPS) is 10.8. The first-order valence-electron chi connectivity index (χ1n) is 7.24. The molecule has 0 spiro atoms. The van der Waals surface area contributed by atoms with Crippen LogP contribution in [0.3, 0.4) is 0 Å². The van der Waals surface area contributed by atoms with Crippen LogP contribution >= 0.6 is 0 Å². The van der Waals surface area contributed by atoms with Crippen molar-refractivity contribution < 1.29 is 18.9 Å². The Labute approximate surface area is 127 Å². The summed E-state index contributed by atoms with van der Waals surface area (Å²) in [5.41, 5.74) is 1.04. The van der Waals surface area contributed by atoms with Crippen molar-refractivity contribution in [1.29, 1.82) is 0 Å². The van der Waals surface area contributed by atoms with E-state index in [4.69, 9.17) is 18.9 Å². The van der Waals surface area contributed by atoms with Crippen LogP contribution in [0.4, 0.5) is 0 Å². The molecule has 0 atom stereocenters. The highest BCUT2D eigenvalue weighted by Crippen LogP contribution is 2.39. The Kier molecular flexibility index (Phi) is 7.93. The van der Waals surface area contributed by atoms with Crippen LogP contribution in [-0.4, -0.2) is 40.6 Å². The molecule has 0 saturated carbocycles. The van der Waals surface area contributed by atoms with Gasteiger partial charge in [0.15, 0.2) is 11.5 Å². The number of rotatable bonds is 10. The second-order valence-corrected chi connectivity index (χ2v) is 4.94. The molecular weight excluding hydrogens is 270 g/mol. The molecule has 1 N–H and O–H groups in total. The average Bonchev–Trinajstić information content (AvgIpc) is 2.49. The molecule has 0 saturated heterocycles. The third kappa shape index (κ3) is 5.44. The van der Waals surface area contributed by atoms with Gasteiger partial charge in [0.25, 0.3) is 0 Å². The Morgan fingerprint density at radius 2 is 1.71 bits per heavy atom. The molecule has 0 fully saturated rings. The van der Waals surface area contributed by atoms with Gasteiger partial charge in [-0.2, -0.15) is 0 Å². The second-order valence-electron chi connectivity index (χ2n) is 4.94. The van der Waals surface area contributed by atoms with Crippen molar-refractivity contribution in [3.8, 4) is 17.2 Å². The highest BCUT2D eigenvalue weighted by atomic mass is 16.5. The van der Waals surface area contributed by atoms with Gasteiger partial charge in [0, 0.05) is 18.7 Å². The fourth-order valence-electron chi connectivity index (χ4n) is 2.04. The summed E-state index contributed by atoms with van der Waals surface area (Å²) in [6.07, 6.45) is 1.27. The summed E-state index contributed by atoms with van der Waals surface area (Å²) in [5, 5.41) is 3.38. The molecule has 0 aliphatic carbocycles. The molecule has 0 bridgehead atoms. The topological polar surface area (TPSA) is 49.0 Å². The van der Waals surface area contributed by atoms with Gasteiger partial charge < -0.3 is 24.3 Å². The van der Waals surface area contributed by atoms with Crippen molar-refractivity contribution in [3.05, 3.63) is 17.7 Å². The molecule has 1 aromatic carbocycles. The molecule has 0 aromatic heterocycles. The first-order valence-corrected chi connectivity index (χ1v) is 7.24.